The molecule has 2 bridgehead atoms. The van der Waals surface area contributed by atoms with Gasteiger partial charge in [-0.05, 0) is 30.3 Å². The molecule has 2 unspecified atom stereocenters. The number of hydrogen-bond acceptors (Lipinski definition) is 5. The number of piperazine rings is 1. The van der Waals surface area contributed by atoms with Gasteiger partial charge in [-0.25, -0.2) is 14.4 Å². The maximum atomic E-state index is 14.4. The zero-order chi connectivity index (χ0) is 24.8. The first-order valence-corrected chi connectivity index (χ1v) is 12.2. The van der Waals surface area contributed by atoms with Crippen molar-refractivity contribution in [1.82, 2.24) is 24.2 Å². The molecule has 2 aromatic heterocycles. The fraction of sp³-hybridized carbons (Fsp3) is 0.259. The van der Waals surface area contributed by atoms with Crippen LogP contribution in [0.15, 0.2) is 67.0 Å². The SMILES string of the molecule is O=C1CC2CN(Cc3c(-c4ccc(Cl)cc4)nc4ncccn34)CC(C1)N2C(=O)c1ccccc1F. The third-order valence-corrected chi connectivity index (χ3v) is 7.24. The van der Waals surface area contributed by atoms with Crippen LogP contribution in [0, 0.1) is 5.82 Å². The molecule has 0 saturated carbocycles. The Bertz CT molecular complexity index is 1450. The van der Waals surface area contributed by atoms with Gasteiger partial charge in [0.25, 0.3) is 5.91 Å². The Morgan fingerprint density at radius 1 is 1.03 bits per heavy atom. The Morgan fingerprint density at radius 2 is 1.75 bits per heavy atom. The van der Waals surface area contributed by atoms with E-state index in [2.05, 4.69) is 9.88 Å². The van der Waals surface area contributed by atoms with Crippen LogP contribution in [0.1, 0.15) is 28.9 Å². The number of hydrogen-bond donors (Lipinski definition) is 0. The topological polar surface area (TPSA) is 70.8 Å². The first-order chi connectivity index (χ1) is 17.5. The number of Topliss-reactive ketones (excluding diaryl/α,β-unsaturated/α-hetero) is 1. The van der Waals surface area contributed by atoms with Crippen LogP contribution >= 0.6 is 11.6 Å². The lowest BCUT2D eigenvalue weighted by Gasteiger charge is -2.49. The quantitative estimate of drug-likeness (QED) is 0.416. The molecule has 6 rings (SSSR count). The average molecular weight is 504 g/mol. The van der Waals surface area contributed by atoms with Crippen molar-refractivity contribution in [3.8, 4) is 11.3 Å². The summed E-state index contributed by atoms with van der Waals surface area (Å²) in [5, 5.41) is 0.648. The maximum Gasteiger partial charge on any atom is 0.257 e. The number of carbonyl (C=O) groups is 2. The summed E-state index contributed by atoms with van der Waals surface area (Å²) in [7, 11) is 0. The second-order valence-electron chi connectivity index (χ2n) is 9.34. The van der Waals surface area contributed by atoms with Crippen LogP contribution in [0.3, 0.4) is 0 Å². The van der Waals surface area contributed by atoms with Crippen molar-refractivity contribution in [3.63, 3.8) is 0 Å². The zero-order valence-corrected chi connectivity index (χ0v) is 20.1. The molecule has 0 spiro atoms. The number of likely N-dealkylation sites (tertiary alicyclic amines) is 1. The van der Waals surface area contributed by atoms with Gasteiger partial charge in [-0.1, -0.05) is 35.9 Å². The van der Waals surface area contributed by atoms with Gasteiger partial charge in [0, 0.05) is 55.5 Å². The van der Waals surface area contributed by atoms with E-state index in [0.717, 1.165) is 17.0 Å². The number of rotatable bonds is 4. The lowest BCUT2D eigenvalue weighted by atomic mass is 9.89. The number of carbonyl (C=O) groups excluding carboxylic acids is 2. The molecule has 2 fully saturated rings. The lowest BCUT2D eigenvalue weighted by Crippen LogP contribution is -2.64. The number of aromatic nitrogens is 3. The van der Waals surface area contributed by atoms with E-state index in [4.69, 9.17) is 16.6 Å². The molecule has 0 N–H and O–H groups in total. The van der Waals surface area contributed by atoms with E-state index >= 15 is 0 Å². The summed E-state index contributed by atoms with van der Waals surface area (Å²) in [5.74, 6) is -0.152. The number of piperidine rings is 1. The van der Waals surface area contributed by atoms with Gasteiger partial charge in [0.15, 0.2) is 0 Å². The van der Waals surface area contributed by atoms with Crippen LogP contribution in [0.25, 0.3) is 17.0 Å². The second kappa shape index (κ2) is 9.11. The third kappa shape index (κ3) is 4.06. The Labute approximate surface area is 212 Å². The molecule has 2 atom stereocenters. The van der Waals surface area contributed by atoms with Crippen molar-refractivity contribution in [2.45, 2.75) is 31.5 Å². The first kappa shape index (κ1) is 22.8. The highest BCUT2D eigenvalue weighted by atomic mass is 35.5. The molecule has 4 heterocycles. The Morgan fingerprint density at radius 3 is 2.47 bits per heavy atom. The van der Waals surface area contributed by atoms with E-state index in [1.165, 1.54) is 12.1 Å². The van der Waals surface area contributed by atoms with Crippen LogP contribution in [0.2, 0.25) is 5.02 Å². The molecule has 2 aliphatic heterocycles. The van der Waals surface area contributed by atoms with Crippen molar-refractivity contribution in [1.29, 1.82) is 0 Å². The molecule has 2 aromatic carbocycles. The minimum Gasteiger partial charge on any atom is -0.329 e. The number of halogens is 2. The van der Waals surface area contributed by atoms with Crippen LogP contribution in [0.5, 0.6) is 0 Å². The summed E-state index contributed by atoms with van der Waals surface area (Å²) < 4.78 is 16.4. The second-order valence-corrected chi connectivity index (χ2v) is 9.78. The van der Waals surface area contributed by atoms with E-state index in [1.54, 1.807) is 23.2 Å². The molecule has 0 radical (unpaired) electrons. The van der Waals surface area contributed by atoms with Gasteiger partial charge in [0.2, 0.25) is 5.78 Å². The van der Waals surface area contributed by atoms with Crippen LogP contribution < -0.4 is 0 Å². The molecule has 2 saturated heterocycles. The molecule has 4 aromatic rings. The molecule has 7 nitrogen and oxygen atoms in total. The monoisotopic (exact) mass is 503 g/mol. The Hall–Kier alpha value is -3.62. The Kier molecular flexibility index (Phi) is 5.78. The highest BCUT2D eigenvalue weighted by Crippen LogP contribution is 2.32. The number of imidazole rings is 1. The molecule has 2 aliphatic rings. The van der Waals surface area contributed by atoms with Crippen molar-refractivity contribution in [3.05, 3.63) is 89.1 Å². The molecule has 182 valence electrons. The molecule has 0 aliphatic carbocycles. The largest absolute Gasteiger partial charge is 0.329 e. The summed E-state index contributed by atoms with van der Waals surface area (Å²) in [6.45, 7) is 1.58. The summed E-state index contributed by atoms with van der Waals surface area (Å²) in [6.07, 6.45) is 4.19. The van der Waals surface area contributed by atoms with Gasteiger partial charge < -0.3 is 4.90 Å². The summed E-state index contributed by atoms with van der Waals surface area (Å²) in [5.41, 5.74) is 2.77. The van der Waals surface area contributed by atoms with E-state index < -0.39 is 5.82 Å². The Balaban J connectivity index is 1.32. The van der Waals surface area contributed by atoms with E-state index in [-0.39, 0.29) is 42.2 Å². The number of fused-ring (bicyclic) bond motifs is 3. The number of amides is 1. The van der Waals surface area contributed by atoms with Crippen molar-refractivity contribution >= 4 is 29.1 Å². The predicted molar refractivity (Wildman–Crippen MR) is 133 cm³/mol. The van der Waals surface area contributed by atoms with Crippen molar-refractivity contribution < 1.29 is 14.0 Å². The van der Waals surface area contributed by atoms with E-state index in [0.29, 0.717) is 30.4 Å². The van der Waals surface area contributed by atoms with Gasteiger partial charge in [0.05, 0.1) is 29.0 Å². The normalized spacial score (nSPS) is 20.2. The van der Waals surface area contributed by atoms with Crippen LogP contribution in [0.4, 0.5) is 4.39 Å². The average Bonchev–Trinajstić information content (AvgIpc) is 3.22. The predicted octanol–water partition coefficient (Wildman–Crippen LogP) is 4.25. The first-order valence-electron chi connectivity index (χ1n) is 11.9. The summed E-state index contributed by atoms with van der Waals surface area (Å²) in [4.78, 5) is 39.0. The third-order valence-electron chi connectivity index (χ3n) is 6.98. The minimum absolute atomic E-state index is 0.0492. The maximum absolute atomic E-state index is 14.4. The number of benzene rings is 2. The molecular weight excluding hydrogens is 481 g/mol. The van der Waals surface area contributed by atoms with Gasteiger partial charge in [-0.2, -0.15) is 0 Å². The minimum atomic E-state index is -0.542. The standard InChI is InChI=1S/C27H23ClFN5O2/c28-18-8-6-17(7-9-18)25-24(33-11-3-10-30-27(33)31-25)16-32-14-19-12-21(35)13-20(15-32)34(19)26(36)22-4-1-2-5-23(22)29/h1-11,19-20H,12-16H2. The van der Waals surface area contributed by atoms with Crippen molar-refractivity contribution in [2.24, 2.45) is 0 Å². The number of nitrogens with zero attached hydrogens (tertiary/aromatic N) is 5. The molecule has 1 amide bonds. The highest BCUT2D eigenvalue weighted by Gasteiger charge is 2.44. The summed E-state index contributed by atoms with van der Waals surface area (Å²) in [6, 6.07) is 14.8. The van der Waals surface area contributed by atoms with Gasteiger partial charge in [-0.3, -0.25) is 18.9 Å². The lowest BCUT2D eigenvalue weighted by molar-refractivity contribution is -0.127. The van der Waals surface area contributed by atoms with E-state index in [9.17, 15) is 14.0 Å². The smallest absolute Gasteiger partial charge is 0.257 e. The zero-order valence-electron chi connectivity index (χ0n) is 19.3. The van der Waals surface area contributed by atoms with Gasteiger partial charge in [-0.15, -0.1) is 0 Å². The van der Waals surface area contributed by atoms with Gasteiger partial charge >= 0.3 is 0 Å². The summed E-state index contributed by atoms with van der Waals surface area (Å²) >= 11 is 6.10. The van der Waals surface area contributed by atoms with E-state index in [1.807, 2.05) is 40.9 Å². The number of ketones is 1. The van der Waals surface area contributed by atoms with Gasteiger partial charge in [0.1, 0.15) is 11.6 Å². The van der Waals surface area contributed by atoms with Crippen LogP contribution in [-0.2, 0) is 11.3 Å². The molecular formula is C27H23ClFN5O2. The highest BCUT2D eigenvalue weighted by molar-refractivity contribution is 6.30. The van der Waals surface area contributed by atoms with Crippen LogP contribution in [-0.4, -0.2) is 61.0 Å². The molecule has 9 heteroatoms. The fourth-order valence-electron chi connectivity index (χ4n) is 5.45. The fourth-order valence-corrected chi connectivity index (χ4v) is 5.58. The molecule has 36 heavy (non-hydrogen) atoms. The van der Waals surface area contributed by atoms with Crippen molar-refractivity contribution in [2.75, 3.05) is 13.1 Å².